The van der Waals surface area contributed by atoms with E-state index in [-0.39, 0.29) is 18.9 Å². The highest BCUT2D eigenvalue weighted by atomic mass is 16.6. The summed E-state index contributed by atoms with van der Waals surface area (Å²) in [6.45, 7) is 2.17. The smallest absolute Gasteiger partial charge is 0.429 e. The first kappa shape index (κ1) is 25.3. The van der Waals surface area contributed by atoms with Crippen LogP contribution in [0.4, 0.5) is 10.5 Å². The van der Waals surface area contributed by atoms with Crippen LogP contribution in [-0.2, 0) is 4.74 Å². The molecule has 3 aromatic rings. The van der Waals surface area contributed by atoms with Gasteiger partial charge in [-0.2, -0.15) is 0 Å². The molecule has 1 fully saturated rings. The zero-order valence-corrected chi connectivity index (χ0v) is 20.3. The molecular weight excluding hydrogens is 454 g/mol. The van der Waals surface area contributed by atoms with E-state index < -0.39 is 6.09 Å². The minimum atomic E-state index is -0.433. The number of amides is 1. The van der Waals surface area contributed by atoms with E-state index in [9.17, 15) is 14.4 Å². The molecule has 0 spiro atoms. The number of nitrogens with zero attached hydrogens (tertiary/aromatic N) is 2. The van der Waals surface area contributed by atoms with Gasteiger partial charge in [0.25, 0.3) is 0 Å². The number of carbonyl (C=O) groups is 3. The van der Waals surface area contributed by atoms with Gasteiger partial charge in [-0.25, -0.2) is 14.8 Å². The molecule has 0 aliphatic carbocycles. The minimum absolute atomic E-state index is 0.0921. The van der Waals surface area contributed by atoms with Gasteiger partial charge in [-0.1, -0.05) is 79.2 Å². The average Bonchev–Trinajstić information content (AvgIpc) is 2.94. The molecule has 0 aromatic heterocycles. The van der Waals surface area contributed by atoms with E-state index in [0.717, 1.165) is 55.5 Å². The molecule has 0 saturated carbocycles. The molecular formula is C29H31N3O4. The second-order valence-corrected chi connectivity index (χ2v) is 8.66. The van der Waals surface area contributed by atoms with Crippen molar-refractivity contribution in [3.63, 3.8) is 0 Å². The Morgan fingerprint density at radius 1 is 0.889 bits per heavy atom. The number of Topliss-reactive ketones (excluding diaryl/α,β-unsaturated/α-hetero) is 1. The van der Waals surface area contributed by atoms with Crippen LogP contribution in [0.2, 0.25) is 0 Å². The summed E-state index contributed by atoms with van der Waals surface area (Å²) in [6, 6.07) is 24.4. The van der Waals surface area contributed by atoms with Gasteiger partial charge < -0.3 is 10.1 Å². The quantitative estimate of drug-likeness (QED) is 0.248. The van der Waals surface area contributed by atoms with Crippen LogP contribution in [0.25, 0.3) is 11.1 Å². The van der Waals surface area contributed by atoms with Crippen LogP contribution in [0.5, 0.6) is 0 Å². The first-order valence-electron chi connectivity index (χ1n) is 12.3. The highest BCUT2D eigenvalue weighted by Gasteiger charge is 2.28. The second-order valence-electron chi connectivity index (χ2n) is 8.66. The van der Waals surface area contributed by atoms with Gasteiger partial charge in [0.05, 0.1) is 12.2 Å². The average molecular weight is 486 g/mol. The Hall–Kier alpha value is -3.81. The van der Waals surface area contributed by atoms with Gasteiger partial charge in [0, 0.05) is 36.3 Å². The summed E-state index contributed by atoms with van der Waals surface area (Å²) in [7, 11) is 0. The normalized spacial score (nSPS) is 13.7. The Kier molecular flexibility index (Phi) is 8.97. The van der Waals surface area contributed by atoms with Crippen LogP contribution in [-0.4, -0.2) is 56.0 Å². The number of piperidine rings is 1. The van der Waals surface area contributed by atoms with Crippen molar-refractivity contribution in [1.82, 2.24) is 10.3 Å². The zero-order valence-electron chi connectivity index (χ0n) is 20.3. The van der Waals surface area contributed by atoms with E-state index in [1.165, 1.54) is 0 Å². The first-order valence-corrected chi connectivity index (χ1v) is 12.3. The Morgan fingerprint density at radius 3 is 2.31 bits per heavy atom. The third-order valence-electron chi connectivity index (χ3n) is 6.16. The van der Waals surface area contributed by atoms with Crippen molar-refractivity contribution < 1.29 is 19.1 Å². The lowest BCUT2D eigenvalue weighted by molar-refractivity contribution is 0.0985. The summed E-state index contributed by atoms with van der Waals surface area (Å²) in [4.78, 5) is 36.5. The van der Waals surface area contributed by atoms with Crippen molar-refractivity contribution in [1.29, 1.82) is 0 Å². The highest BCUT2D eigenvalue weighted by molar-refractivity contribution is 5.98. The minimum Gasteiger partial charge on any atom is -0.447 e. The van der Waals surface area contributed by atoms with Crippen molar-refractivity contribution in [2.45, 2.75) is 19.3 Å². The summed E-state index contributed by atoms with van der Waals surface area (Å²) < 4.78 is 5.65. The maximum atomic E-state index is 13.3. The fourth-order valence-corrected chi connectivity index (χ4v) is 4.29. The molecule has 3 aromatic carbocycles. The largest absolute Gasteiger partial charge is 0.447 e. The lowest BCUT2D eigenvalue weighted by Gasteiger charge is -2.37. The van der Waals surface area contributed by atoms with Crippen LogP contribution >= 0.6 is 0 Å². The Morgan fingerprint density at radius 2 is 1.58 bits per heavy atom. The molecule has 7 heteroatoms. The molecule has 36 heavy (non-hydrogen) atoms. The Balaban J connectivity index is 1.39. The van der Waals surface area contributed by atoms with Gasteiger partial charge >= 0.3 is 6.09 Å². The number of nitrogens with one attached hydrogen (secondary N) is 1. The van der Waals surface area contributed by atoms with E-state index >= 15 is 0 Å². The fourth-order valence-electron chi connectivity index (χ4n) is 4.29. The number of rotatable bonds is 10. The van der Waals surface area contributed by atoms with Crippen LogP contribution in [0, 0.1) is 0 Å². The van der Waals surface area contributed by atoms with Crippen LogP contribution in [0.15, 0.2) is 78.9 Å². The molecule has 0 radical (unpaired) electrons. The van der Waals surface area contributed by atoms with Gasteiger partial charge in [-0.3, -0.25) is 9.59 Å². The standard InChI is InChI=1S/C29H31N3O4/c33-22-23-13-15-25(16-14-23)28(34)21-30-17-20-36-29(35)32(31-18-7-2-8-19-31)27-12-6-5-11-26(27)24-9-3-1-4-10-24/h1,3-6,9-16,22,30H,2,7-8,17-21H2. The topological polar surface area (TPSA) is 78.9 Å². The van der Waals surface area contributed by atoms with Crippen molar-refractivity contribution >= 4 is 23.9 Å². The molecule has 1 aliphatic rings. The van der Waals surface area contributed by atoms with Gasteiger partial charge in [0.1, 0.15) is 12.9 Å². The fraction of sp³-hybridized carbons (Fsp3) is 0.276. The van der Waals surface area contributed by atoms with Crippen molar-refractivity contribution in [2.75, 3.05) is 37.8 Å². The maximum absolute atomic E-state index is 13.3. The molecule has 1 aliphatic heterocycles. The van der Waals surface area contributed by atoms with Crippen LogP contribution < -0.4 is 10.3 Å². The molecule has 0 unspecified atom stereocenters. The molecule has 1 N–H and O–H groups in total. The Bertz CT molecular complexity index is 1160. The predicted octanol–water partition coefficient (Wildman–Crippen LogP) is 4.98. The third kappa shape index (κ3) is 6.44. The zero-order chi connectivity index (χ0) is 25.2. The van der Waals surface area contributed by atoms with Crippen molar-refractivity contribution in [3.05, 3.63) is 90.0 Å². The summed E-state index contributed by atoms with van der Waals surface area (Å²) in [5.74, 6) is -0.0921. The molecule has 4 rings (SSSR count). The number of ether oxygens (including phenoxy) is 1. The number of ketones is 1. The third-order valence-corrected chi connectivity index (χ3v) is 6.16. The molecule has 0 atom stereocenters. The molecule has 0 bridgehead atoms. The summed E-state index contributed by atoms with van der Waals surface area (Å²) >= 11 is 0. The van der Waals surface area contributed by atoms with E-state index in [1.807, 2.05) is 54.6 Å². The van der Waals surface area contributed by atoms with Gasteiger partial charge in [-0.15, -0.1) is 0 Å². The molecule has 186 valence electrons. The van der Waals surface area contributed by atoms with Crippen molar-refractivity contribution in [3.8, 4) is 11.1 Å². The van der Waals surface area contributed by atoms with Gasteiger partial charge in [-0.05, 0) is 24.5 Å². The van der Waals surface area contributed by atoms with E-state index in [4.69, 9.17) is 4.74 Å². The van der Waals surface area contributed by atoms with Crippen LogP contribution in [0.3, 0.4) is 0 Å². The monoisotopic (exact) mass is 485 g/mol. The number of hydrogen-bond acceptors (Lipinski definition) is 6. The lowest BCUT2D eigenvalue weighted by atomic mass is 10.0. The molecule has 1 amide bonds. The summed E-state index contributed by atoms with van der Waals surface area (Å²) in [5.41, 5.74) is 3.84. The van der Waals surface area contributed by atoms with Gasteiger partial charge in [0.2, 0.25) is 0 Å². The molecule has 1 heterocycles. The summed E-state index contributed by atoms with van der Waals surface area (Å²) in [6.07, 6.45) is 3.50. The lowest BCUT2D eigenvalue weighted by Crippen LogP contribution is -2.50. The number of para-hydroxylation sites is 1. The highest BCUT2D eigenvalue weighted by Crippen LogP contribution is 2.33. The predicted molar refractivity (Wildman–Crippen MR) is 140 cm³/mol. The molecule has 7 nitrogen and oxygen atoms in total. The second kappa shape index (κ2) is 12.8. The van der Waals surface area contributed by atoms with Crippen molar-refractivity contribution in [2.24, 2.45) is 0 Å². The Labute approximate surface area is 211 Å². The SMILES string of the molecule is O=Cc1ccc(C(=O)CNCCOC(=O)N(c2ccccc2-c2ccccc2)N2CCCCC2)cc1. The van der Waals surface area contributed by atoms with Crippen LogP contribution in [0.1, 0.15) is 40.0 Å². The van der Waals surface area contributed by atoms with Gasteiger partial charge in [0.15, 0.2) is 5.78 Å². The number of benzene rings is 3. The number of anilines is 1. The number of hydrogen-bond donors (Lipinski definition) is 1. The maximum Gasteiger partial charge on any atom is 0.429 e. The van der Waals surface area contributed by atoms with E-state index in [1.54, 1.807) is 29.3 Å². The number of aldehydes is 1. The first-order chi connectivity index (χ1) is 17.7. The number of carbonyl (C=O) groups excluding carboxylic acids is 3. The number of hydrazine groups is 1. The van der Waals surface area contributed by atoms with E-state index in [0.29, 0.717) is 17.7 Å². The summed E-state index contributed by atoms with van der Waals surface area (Å²) in [5, 5.41) is 6.77. The van der Waals surface area contributed by atoms with E-state index in [2.05, 4.69) is 10.3 Å². The molecule has 1 saturated heterocycles.